The van der Waals surface area contributed by atoms with Gasteiger partial charge in [0, 0.05) is 62.3 Å². The minimum atomic E-state index is 1.07. The average molecular weight is 863 g/mol. The first-order valence-electron chi connectivity index (χ1n) is 23.4. The van der Waals surface area contributed by atoms with Gasteiger partial charge in [-0.2, -0.15) is 0 Å². The van der Waals surface area contributed by atoms with Crippen molar-refractivity contribution in [3.63, 3.8) is 0 Å². The molecule has 12 rings (SSSR count). The molecule has 1 aliphatic rings. The molecular weight excluding hydrogens is 813 g/mol. The van der Waals surface area contributed by atoms with Crippen LogP contribution in [0.15, 0.2) is 183 Å². The largest absolute Gasteiger partial charge is 0.310 e. The number of nitrogens with zero attached hydrogens (tertiary/aromatic N) is 4. The molecule has 0 atom stereocenters. The maximum Gasteiger partial charge on any atom is 0.0571 e. The normalized spacial score (nSPS) is 12.6. The Balaban J connectivity index is 1.02. The van der Waals surface area contributed by atoms with Crippen LogP contribution in [-0.2, 0) is 6.42 Å². The molecule has 0 fully saturated rings. The van der Waals surface area contributed by atoms with E-state index in [1.807, 2.05) is 18.5 Å². The molecule has 7 aromatic carbocycles. The highest BCUT2D eigenvalue weighted by molar-refractivity contribution is 6.09. The summed E-state index contributed by atoms with van der Waals surface area (Å²) < 4.78 is 7.20. The molecule has 67 heavy (non-hydrogen) atoms. The Bertz CT molecular complexity index is 3830. The van der Waals surface area contributed by atoms with E-state index in [2.05, 4.69) is 229 Å². The number of rotatable bonds is 8. The number of hydrogen-bond donors (Lipinski definition) is 0. The van der Waals surface area contributed by atoms with E-state index in [-0.39, 0.29) is 0 Å². The lowest BCUT2D eigenvalue weighted by Gasteiger charge is -2.18. The summed E-state index contributed by atoms with van der Waals surface area (Å²) in [6.45, 7) is 13.1. The highest BCUT2D eigenvalue weighted by atomic mass is 15.0. The molecule has 0 N–H and O–H groups in total. The van der Waals surface area contributed by atoms with Gasteiger partial charge in [0.05, 0.1) is 27.8 Å². The molecule has 11 aromatic rings. The minimum absolute atomic E-state index is 1.07. The second-order valence-corrected chi connectivity index (χ2v) is 18.1. The summed E-state index contributed by atoms with van der Waals surface area (Å²) in [5.74, 6) is 0. The Kier molecular flexibility index (Phi) is 9.65. The van der Waals surface area contributed by atoms with Crippen molar-refractivity contribution in [1.82, 2.24) is 18.7 Å². The van der Waals surface area contributed by atoms with Gasteiger partial charge in [-0.1, -0.05) is 97.6 Å². The van der Waals surface area contributed by atoms with Crippen LogP contribution in [0.5, 0.6) is 0 Å². The molecule has 4 heteroatoms. The van der Waals surface area contributed by atoms with Gasteiger partial charge in [-0.15, -0.1) is 0 Å². The standard InChI is InChI=1S/C63H50N4/c1-6-16-58-49(7-2)53-17-8-12-21-59(53)65(58)46-25-28-50(40(3)33-46)43-36-44(51-29-26-47(34-41(51)4)66-60-22-13-9-18-54(60)55-19-10-14-23-61(55)66)38-45(37-43)52-30-27-48(35-42(52)5)67-62-24-15-11-20-56(62)57-39-64-32-31-63(57)67/h6-9,11-18,20-39H,2,10,19H2,1,3-5H3/b16-6-. The molecule has 0 saturated heterocycles. The van der Waals surface area contributed by atoms with Crippen LogP contribution in [0.25, 0.3) is 112 Å². The van der Waals surface area contributed by atoms with Crippen molar-refractivity contribution in [3.05, 3.63) is 222 Å². The molecule has 0 radical (unpaired) electrons. The topological polar surface area (TPSA) is 27.7 Å². The summed E-state index contributed by atoms with van der Waals surface area (Å²) in [6.07, 6.45) is 16.9. The molecule has 1 aliphatic carbocycles. The lowest BCUT2D eigenvalue weighted by atomic mass is 9.89. The van der Waals surface area contributed by atoms with Gasteiger partial charge < -0.3 is 13.7 Å². The number of aromatic nitrogens is 4. The van der Waals surface area contributed by atoms with E-state index in [0.717, 1.165) is 46.4 Å². The molecule has 0 spiro atoms. The Morgan fingerprint density at radius 2 is 1.03 bits per heavy atom. The average Bonchev–Trinajstić information content (AvgIpc) is 3.99. The van der Waals surface area contributed by atoms with Gasteiger partial charge in [-0.05, 0) is 187 Å². The number of hydrogen-bond acceptors (Lipinski definition) is 1. The van der Waals surface area contributed by atoms with Crippen LogP contribution in [0, 0.1) is 20.8 Å². The molecule has 0 aliphatic heterocycles. The summed E-state index contributed by atoms with van der Waals surface area (Å²) in [5, 5.41) is 4.91. The van der Waals surface area contributed by atoms with Crippen molar-refractivity contribution in [3.8, 4) is 50.4 Å². The maximum atomic E-state index is 4.49. The number of benzene rings is 7. The van der Waals surface area contributed by atoms with E-state index >= 15 is 0 Å². The van der Waals surface area contributed by atoms with Crippen LogP contribution in [0.1, 0.15) is 52.5 Å². The van der Waals surface area contributed by atoms with Crippen molar-refractivity contribution in [2.24, 2.45) is 0 Å². The van der Waals surface area contributed by atoms with Gasteiger partial charge in [0.1, 0.15) is 0 Å². The first-order valence-corrected chi connectivity index (χ1v) is 23.4. The van der Waals surface area contributed by atoms with E-state index < -0.39 is 0 Å². The fourth-order valence-corrected chi connectivity index (χ4v) is 11.1. The summed E-state index contributed by atoms with van der Waals surface area (Å²) in [4.78, 5) is 4.49. The number of aryl methyl sites for hydroxylation is 4. The minimum Gasteiger partial charge on any atom is -0.310 e. The number of allylic oxidation sites excluding steroid dienone is 2. The Morgan fingerprint density at radius 3 is 1.61 bits per heavy atom. The summed E-state index contributed by atoms with van der Waals surface area (Å²) >= 11 is 0. The van der Waals surface area contributed by atoms with Crippen molar-refractivity contribution < 1.29 is 0 Å². The smallest absolute Gasteiger partial charge is 0.0571 e. The Labute approximate surface area is 391 Å². The fraction of sp³-hybridized carbons (Fsp3) is 0.0952. The second-order valence-electron chi connectivity index (χ2n) is 18.1. The summed E-state index contributed by atoms with van der Waals surface area (Å²) in [5.41, 5.74) is 24.1. The lowest BCUT2D eigenvalue weighted by molar-refractivity contribution is 0.967. The van der Waals surface area contributed by atoms with Gasteiger partial charge in [0.15, 0.2) is 0 Å². The molecule has 0 saturated carbocycles. The monoisotopic (exact) mass is 862 g/mol. The van der Waals surface area contributed by atoms with Crippen LogP contribution >= 0.6 is 0 Å². The van der Waals surface area contributed by atoms with Gasteiger partial charge in [0.25, 0.3) is 0 Å². The van der Waals surface area contributed by atoms with Gasteiger partial charge >= 0.3 is 0 Å². The van der Waals surface area contributed by atoms with Crippen LogP contribution in [-0.4, -0.2) is 18.7 Å². The number of pyridine rings is 1. The lowest BCUT2D eigenvalue weighted by Crippen LogP contribution is -2.01. The van der Waals surface area contributed by atoms with E-state index in [1.54, 1.807) is 0 Å². The highest BCUT2D eigenvalue weighted by Crippen LogP contribution is 2.41. The first-order chi connectivity index (χ1) is 32.9. The summed E-state index contributed by atoms with van der Waals surface area (Å²) in [6, 6.07) is 56.3. The second kappa shape index (κ2) is 16.0. The predicted octanol–water partition coefficient (Wildman–Crippen LogP) is 16.6. The SMILES string of the molecule is C=Cc1c(/C=C\C)n(-c2ccc(-c3cc(-c4ccc(-n5c6c(c7ccccc75)CCC=C6)cc4C)cc(-c4ccc(-n5c6ccccc6c6cnccc65)cc4C)c3)c(C)c2)c2ccccc12. The molecule has 0 unspecified atom stereocenters. The van der Waals surface area contributed by atoms with E-state index in [9.17, 15) is 0 Å². The highest BCUT2D eigenvalue weighted by Gasteiger charge is 2.21. The van der Waals surface area contributed by atoms with Crippen LogP contribution in [0.2, 0.25) is 0 Å². The quantitative estimate of drug-likeness (QED) is 0.150. The predicted molar refractivity (Wildman–Crippen MR) is 285 cm³/mol. The van der Waals surface area contributed by atoms with Gasteiger partial charge in [0.2, 0.25) is 0 Å². The molecule has 322 valence electrons. The third-order valence-electron chi connectivity index (χ3n) is 14.1. The fourth-order valence-electron chi connectivity index (χ4n) is 11.1. The number of para-hydroxylation sites is 3. The third-order valence-corrected chi connectivity index (χ3v) is 14.1. The van der Waals surface area contributed by atoms with Crippen molar-refractivity contribution >= 4 is 61.8 Å². The van der Waals surface area contributed by atoms with E-state index in [4.69, 9.17) is 0 Å². The van der Waals surface area contributed by atoms with Crippen LogP contribution in [0.4, 0.5) is 0 Å². The van der Waals surface area contributed by atoms with E-state index in [1.165, 1.54) is 99.7 Å². The zero-order valence-corrected chi connectivity index (χ0v) is 38.4. The molecule has 4 heterocycles. The molecule has 0 amide bonds. The zero-order valence-electron chi connectivity index (χ0n) is 38.4. The third kappa shape index (κ3) is 6.47. The van der Waals surface area contributed by atoms with Gasteiger partial charge in [-0.3, -0.25) is 4.98 Å². The van der Waals surface area contributed by atoms with E-state index in [0.29, 0.717) is 0 Å². The molecule has 0 bridgehead atoms. The van der Waals surface area contributed by atoms with Crippen LogP contribution in [0.3, 0.4) is 0 Å². The Morgan fingerprint density at radius 1 is 0.522 bits per heavy atom. The van der Waals surface area contributed by atoms with Crippen molar-refractivity contribution in [1.29, 1.82) is 0 Å². The Hall–Kier alpha value is -8.21. The number of fused-ring (bicyclic) bond motifs is 7. The molecule has 4 aromatic heterocycles. The zero-order chi connectivity index (χ0) is 45.3. The van der Waals surface area contributed by atoms with Crippen molar-refractivity contribution in [2.75, 3.05) is 0 Å². The summed E-state index contributed by atoms with van der Waals surface area (Å²) in [7, 11) is 0. The van der Waals surface area contributed by atoms with Crippen LogP contribution < -0.4 is 0 Å². The van der Waals surface area contributed by atoms with Gasteiger partial charge in [-0.25, -0.2) is 0 Å². The van der Waals surface area contributed by atoms with Crippen molar-refractivity contribution in [2.45, 2.75) is 40.5 Å². The molecular formula is C63H50N4. The first kappa shape index (κ1) is 40.3. The molecule has 4 nitrogen and oxygen atoms in total. The maximum absolute atomic E-state index is 4.49.